The molecule has 0 fully saturated rings. The molecule has 0 spiro atoms. The lowest BCUT2D eigenvalue weighted by Gasteiger charge is -2.15. The predicted molar refractivity (Wildman–Crippen MR) is 581 cm³/mol. The first-order valence-electron chi connectivity index (χ1n) is 49.5. The van der Waals surface area contributed by atoms with E-state index >= 15 is 0 Å². The van der Waals surface area contributed by atoms with Crippen LogP contribution < -0.4 is 83.8 Å². The van der Waals surface area contributed by atoms with Crippen molar-refractivity contribution in [3.8, 4) is 85.0 Å². The van der Waals surface area contributed by atoms with Gasteiger partial charge in [0.15, 0.2) is 28.2 Å². The van der Waals surface area contributed by atoms with Gasteiger partial charge in [-0.15, -0.1) is 0 Å². The van der Waals surface area contributed by atoms with E-state index in [1.54, 1.807) is 99.6 Å². The number of methoxy groups -OCH3 is 2. The van der Waals surface area contributed by atoms with Crippen LogP contribution in [0.1, 0.15) is 113 Å². The number of hydrogen-bond acceptors (Lipinski definition) is 35. The number of hydrogen-bond donors (Lipinski definition) is 16. The summed E-state index contributed by atoms with van der Waals surface area (Å²) in [6.45, 7) is 25.8. The molecule has 15 rings (SSSR count). The summed E-state index contributed by atoms with van der Waals surface area (Å²) in [5.74, 6) is 2.72. The summed E-state index contributed by atoms with van der Waals surface area (Å²) >= 11 is 0. The first-order valence-corrected chi connectivity index (χ1v) is 49.5. The maximum atomic E-state index is 12.3. The second kappa shape index (κ2) is 56.1. The van der Waals surface area contributed by atoms with Crippen molar-refractivity contribution in [3.63, 3.8) is 0 Å². The molecule has 10 heterocycles. The van der Waals surface area contributed by atoms with Gasteiger partial charge in [-0.1, -0.05) is 60.7 Å². The fourth-order valence-corrected chi connectivity index (χ4v) is 15.0. The number of fused-ring (bicyclic) bond motifs is 5. The standard InChI is InChI=1S/C22H32N6O2.C21H28N6O3.3C21H27N5O4/c1-15(2)28-22-19(13-26-28)21(25-9-5-8-23)11-20(27-22)16-6-4-7-18(10-16)30-14-17(29)12-24-3;1-13(2)27-20-17(11-23-27)19(25-21(29)26(3)4)9-18(24-20)14-6-5-7-16(8-14)30-12-15(28)10-22;1-13(2)26-20-17(11-23-26)19(25-21(28)29-4)9-18(24-20)14-6-5-7-16(8-14)30-12-15(27)10-22-3;1-13(2)26-21-17(10-24-26)19(23-11-20(28)29-3)8-18(25-21)14-5-4-6-16(7-14)30-12-15(27)9-22;1-4-29-21(28)25-19-9-18(24-20-17(19)11-23-26(20)13(2)3)14-6-5-7-16(8-14)30-12-15(27)10-22/h4,6-7,10-11,13,15,17,24,29H,5,8-9,12,14,23H2,1-3H3,(H,25,27);5-9,11,13,15,28H,10,12,22H2,1-4H3,(H,24,25,29);5-9,11,13,15,22,27H,10,12H2,1-4H3,(H,24,25,28);4-8,10,13,15,27H,9,11-12,22H2,1-3H3,(H,23,25);5-9,11,13,15,27H,4,10,12,22H2,1-3H3,(H,24,25,28). The molecule has 802 valence electrons. The molecule has 0 saturated carbocycles. The number of nitrogens with one attached hydrogen (secondary N) is 7. The molecular weight excluding hydrogens is 1920 g/mol. The number of likely N-dealkylation sites (N-methyl/N-ethyl adjacent to an activating group) is 2. The van der Waals surface area contributed by atoms with Gasteiger partial charge in [-0.25, -0.2) is 62.7 Å². The van der Waals surface area contributed by atoms with Gasteiger partial charge >= 0.3 is 24.2 Å². The van der Waals surface area contributed by atoms with Crippen molar-refractivity contribution in [1.82, 2.24) is 89.4 Å². The number of pyridine rings is 5. The molecule has 44 heteroatoms. The Hall–Kier alpha value is -15.4. The number of benzene rings is 5. The lowest BCUT2D eigenvalue weighted by molar-refractivity contribution is -0.138. The SMILES string of the molecule is CC(C)n1ncc2c(NC(=O)N(C)C)cc(-c3cccc(OCC(O)CN)c3)nc21.CCOC(=O)Nc1cc(-c2cccc(OCC(O)CN)c2)nc2c1cnn2C(C)C.CNCC(O)COc1cccc(-c2cc(NC(=O)OC)c3cnn(C(C)C)c3n2)c1.CNCC(O)COc1cccc(-c2cc(NCCCN)c3cnn(C(C)C)c3n2)c1.COC(=O)CNc1cc(-c2cccc(OCC(O)CN)c2)nc2c1cnn2C(C)C. The quantitative estimate of drug-likeness (QED) is 0.00958. The molecule has 0 aliphatic rings. The average molecular weight is 2070 g/mol. The van der Waals surface area contributed by atoms with E-state index in [1.165, 1.54) is 19.1 Å². The van der Waals surface area contributed by atoms with Gasteiger partial charge in [0.05, 0.1) is 124 Å². The van der Waals surface area contributed by atoms with E-state index in [4.69, 9.17) is 85.7 Å². The summed E-state index contributed by atoms with van der Waals surface area (Å²) in [5, 5.41) is 95.8. The molecule has 4 amide bonds. The highest BCUT2D eigenvalue weighted by atomic mass is 16.6. The molecule has 44 nitrogen and oxygen atoms in total. The largest absolute Gasteiger partial charge is 0.491 e. The van der Waals surface area contributed by atoms with Crippen LogP contribution in [0.25, 0.3) is 111 Å². The molecule has 150 heavy (non-hydrogen) atoms. The third-order valence-corrected chi connectivity index (χ3v) is 22.8. The van der Waals surface area contributed by atoms with Crippen LogP contribution in [-0.4, -0.2) is 293 Å². The normalized spacial score (nSPS) is 12.3. The number of aliphatic hydroxyl groups is 5. The number of urea groups is 1. The fourth-order valence-electron chi connectivity index (χ4n) is 15.0. The zero-order valence-corrected chi connectivity index (χ0v) is 87.8. The molecule has 15 aromatic rings. The Bertz CT molecular complexity index is 6920. The number of ether oxygens (including phenoxy) is 8. The molecule has 0 bridgehead atoms. The van der Waals surface area contributed by atoms with Crippen LogP contribution in [0.15, 0.2) is 183 Å². The number of esters is 1. The van der Waals surface area contributed by atoms with E-state index in [0.29, 0.717) is 111 Å². The van der Waals surface area contributed by atoms with Crippen molar-refractivity contribution in [3.05, 3.63) is 183 Å². The average Bonchev–Trinajstić information content (AvgIpc) is 1.60. The minimum absolute atomic E-state index is 0.0298. The lowest BCUT2D eigenvalue weighted by Crippen LogP contribution is -2.29. The highest BCUT2D eigenvalue weighted by Crippen LogP contribution is 2.39. The third-order valence-electron chi connectivity index (χ3n) is 22.8. The minimum Gasteiger partial charge on any atom is -0.491 e. The van der Waals surface area contributed by atoms with E-state index in [1.807, 2.05) is 197 Å². The third kappa shape index (κ3) is 31.6. The zero-order chi connectivity index (χ0) is 108. The second-order valence-corrected chi connectivity index (χ2v) is 36.4. The van der Waals surface area contributed by atoms with Gasteiger partial charge in [0.25, 0.3) is 0 Å². The van der Waals surface area contributed by atoms with E-state index in [0.717, 1.165) is 90.4 Å². The van der Waals surface area contributed by atoms with E-state index in [9.17, 15) is 44.7 Å². The van der Waals surface area contributed by atoms with Crippen LogP contribution in [0.2, 0.25) is 0 Å². The predicted octanol–water partition coefficient (Wildman–Crippen LogP) is 12.6. The number of anilines is 5. The van der Waals surface area contributed by atoms with Crippen LogP contribution in [0.5, 0.6) is 28.7 Å². The van der Waals surface area contributed by atoms with Crippen molar-refractivity contribution < 1.29 is 82.6 Å². The number of nitrogens with two attached hydrogens (primary N) is 4. The molecule has 5 aromatic carbocycles. The van der Waals surface area contributed by atoms with Gasteiger partial charge in [-0.3, -0.25) is 15.4 Å². The topological polar surface area (TPSA) is 588 Å². The van der Waals surface area contributed by atoms with Crippen LogP contribution in [0.4, 0.5) is 42.8 Å². The Kier molecular flexibility index (Phi) is 43.0. The van der Waals surface area contributed by atoms with Crippen LogP contribution in [0, 0.1) is 0 Å². The Morgan fingerprint density at radius 1 is 0.367 bits per heavy atom. The van der Waals surface area contributed by atoms with Crippen molar-refractivity contribution in [1.29, 1.82) is 0 Å². The van der Waals surface area contributed by atoms with Gasteiger partial charge in [-0.2, -0.15) is 25.5 Å². The Morgan fingerprint density at radius 3 is 0.900 bits per heavy atom. The Labute approximate surface area is 870 Å². The molecule has 0 saturated heterocycles. The number of nitrogens with zero attached hydrogens (tertiary/aromatic N) is 16. The van der Waals surface area contributed by atoms with Crippen LogP contribution >= 0.6 is 0 Å². The van der Waals surface area contributed by atoms with Crippen molar-refractivity contribution in [2.24, 2.45) is 22.9 Å². The lowest BCUT2D eigenvalue weighted by atomic mass is 10.1. The first-order chi connectivity index (χ1) is 72.1. The zero-order valence-electron chi connectivity index (χ0n) is 87.8. The summed E-state index contributed by atoms with van der Waals surface area (Å²) in [6, 6.07) is 47.0. The fraction of sp³-hybridized carbons (Fsp3) is 0.396. The Balaban J connectivity index is 0.000000178. The molecule has 0 aliphatic carbocycles. The number of aliphatic hydroxyl groups excluding tert-OH is 5. The summed E-state index contributed by atoms with van der Waals surface area (Å²) in [7, 11) is 9.60. The molecule has 0 aliphatic heterocycles. The van der Waals surface area contributed by atoms with Gasteiger partial charge in [0.2, 0.25) is 0 Å². The molecule has 20 N–H and O–H groups in total. The minimum atomic E-state index is -0.732. The van der Waals surface area contributed by atoms with Crippen LogP contribution in [-0.2, 0) is 19.0 Å². The summed E-state index contributed by atoms with van der Waals surface area (Å²) in [6.07, 6.45) is 5.10. The van der Waals surface area contributed by atoms with Gasteiger partial charge in [0, 0.05) is 123 Å². The second-order valence-electron chi connectivity index (χ2n) is 36.4. The van der Waals surface area contributed by atoms with E-state index in [2.05, 4.69) is 76.6 Å². The van der Waals surface area contributed by atoms with Crippen molar-refractivity contribution in [2.45, 2.75) is 143 Å². The molecule has 5 atom stereocenters. The van der Waals surface area contributed by atoms with Crippen molar-refractivity contribution in [2.75, 3.05) is 161 Å². The monoisotopic (exact) mass is 2060 g/mol. The highest BCUT2D eigenvalue weighted by Gasteiger charge is 2.25. The molecular formula is C106H141N27O17. The highest BCUT2D eigenvalue weighted by molar-refractivity contribution is 6.03. The van der Waals surface area contributed by atoms with Crippen LogP contribution in [0.3, 0.4) is 0 Å². The van der Waals surface area contributed by atoms with Gasteiger partial charge in [0.1, 0.15) is 98.8 Å². The van der Waals surface area contributed by atoms with E-state index in [-0.39, 0.29) is 108 Å². The maximum absolute atomic E-state index is 12.3. The molecule has 0 radical (unpaired) electrons. The summed E-state index contributed by atoms with van der Waals surface area (Å²) in [4.78, 5) is 73.3. The van der Waals surface area contributed by atoms with Gasteiger partial charge < -0.3 is 118 Å². The number of amides is 4. The molecule has 10 aromatic heterocycles. The molecule has 5 unspecified atom stereocenters. The van der Waals surface area contributed by atoms with Gasteiger partial charge in [-0.05, 0) is 194 Å². The number of aromatic nitrogens is 15. The first kappa shape index (κ1) is 115. The smallest absolute Gasteiger partial charge is 0.411 e. The summed E-state index contributed by atoms with van der Waals surface area (Å²) in [5.41, 5.74) is 36.6. The maximum Gasteiger partial charge on any atom is 0.411 e. The number of rotatable bonds is 43. The number of carbonyl (C=O) groups excluding carboxylic acids is 4. The van der Waals surface area contributed by atoms with Crippen molar-refractivity contribution >= 4 is 108 Å². The van der Waals surface area contributed by atoms with E-state index < -0.39 is 42.7 Å². The summed E-state index contributed by atoms with van der Waals surface area (Å²) < 4.78 is 52.0. The Morgan fingerprint density at radius 2 is 0.640 bits per heavy atom. The number of carbonyl (C=O) groups is 4.